The van der Waals surface area contributed by atoms with Crippen molar-refractivity contribution in [2.75, 3.05) is 0 Å². The highest BCUT2D eigenvalue weighted by atomic mass is 31.1. The van der Waals surface area contributed by atoms with E-state index in [0.717, 1.165) is 0 Å². The molecule has 0 amide bonds. The van der Waals surface area contributed by atoms with Crippen LogP contribution in [0, 0.1) is 0 Å². The van der Waals surface area contributed by atoms with Gasteiger partial charge in [0.25, 0.3) is 0 Å². The van der Waals surface area contributed by atoms with Gasteiger partial charge >= 0.3 is 20.5 Å². The topological polar surface area (TPSA) is 35.5 Å². The second kappa shape index (κ2) is 5.29. The van der Waals surface area contributed by atoms with Crippen molar-refractivity contribution in [1.29, 1.82) is 0 Å². The predicted molar refractivity (Wildman–Crippen MR) is 40.8 cm³/mol. The summed E-state index contributed by atoms with van der Waals surface area (Å²) in [5.74, 6) is 0. The number of hydrogen-bond acceptors (Lipinski definition) is 3. The Labute approximate surface area is 87.7 Å². The van der Waals surface area contributed by atoms with E-state index in [0.29, 0.717) is 13.8 Å². The van der Waals surface area contributed by atoms with Gasteiger partial charge in [-0.2, -0.15) is 17.6 Å². The molecule has 3 nitrogen and oxygen atoms in total. The molecule has 10 heteroatoms. The summed E-state index contributed by atoms with van der Waals surface area (Å²) in [6.45, 7) is 0.720. The molecule has 0 aromatic heterocycles. The number of rotatable bonds is 6. The van der Waals surface area contributed by atoms with Gasteiger partial charge in [-0.15, -0.1) is 0 Å². The first kappa shape index (κ1) is 15.6. The minimum atomic E-state index is -4.55. The summed E-state index contributed by atoms with van der Waals surface area (Å²) in [6, 6.07) is 0. The third kappa shape index (κ3) is 4.63. The van der Waals surface area contributed by atoms with Crippen LogP contribution in [0.5, 0.6) is 0 Å². The van der Waals surface area contributed by atoms with Gasteiger partial charge in [-0.05, 0) is 22.9 Å². The lowest BCUT2D eigenvalue weighted by molar-refractivity contribution is -0.245. The van der Waals surface area contributed by atoms with E-state index >= 15 is 0 Å². The van der Waals surface area contributed by atoms with Crippen LogP contribution in [0.2, 0.25) is 0 Å². The Morgan fingerprint density at radius 1 is 0.938 bits per heavy atom. The highest BCUT2D eigenvalue weighted by Gasteiger charge is 2.55. The third-order valence-corrected chi connectivity index (χ3v) is 2.10. The van der Waals surface area contributed by atoms with Crippen LogP contribution in [-0.2, 0) is 13.6 Å². The van der Waals surface area contributed by atoms with E-state index in [1.165, 1.54) is 0 Å². The van der Waals surface area contributed by atoms with E-state index in [9.17, 15) is 30.9 Å². The Balaban J connectivity index is 4.41. The molecule has 0 rings (SSSR count). The SMILES string of the molecule is CC(F)C(F)(F)O[P+](=O)OC(F)(F)C(C)F. The largest absolute Gasteiger partial charge is 0.710 e. The predicted octanol–water partition coefficient (Wildman–Crippen LogP) is 3.58. The average Bonchev–Trinajstić information content (AvgIpc) is 2.00. The summed E-state index contributed by atoms with van der Waals surface area (Å²) in [7, 11) is -4.05. The Bertz CT molecular complexity index is 233. The van der Waals surface area contributed by atoms with Gasteiger partial charge in [0.15, 0.2) is 12.3 Å². The lowest BCUT2D eigenvalue weighted by Crippen LogP contribution is -2.32. The van der Waals surface area contributed by atoms with Crippen molar-refractivity contribution in [3.05, 3.63) is 0 Å². The summed E-state index contributed by atoms with van der Waals surface area (Å²) < 4.78 is 90.4. The quantitative estimate of drug-likeness (QED) is 0.548. The highest BCUT2D eigenvalue weighted by Crippen LogP contribution is 2.42. The van der Waals surface area contributed by atoms with Crippen molar-refractivity contribution in [2.24, 2.45) is 0 Å². The van der Waals surface area contributed by atoms with Crippen molar-refractivity contribution >= 4 is 8.25 Å². The normalized spacial score (nSPS) is 18.1. The maximum atomic E-state index is 12.4. The van der Waals surface area contributed by atoms with Crippen LogP contribution in [0.4, 0.5) is 26.3 Å². The molecule has 0 aromatic rings. The van der Waals surface area contributed by atoms with Gasteiger partial charge in [0.2, 0.25) is 0 Å². The van der Waals surface area contributed by atoms with Crippen molar-refractivity contribution in [3.8, 4) is 0 Å². The van der Waals surface area contributed by atoms with E-state index in [1.807, 2.05) is 0 Å². The summed E-state index contributed by atoms with van der Waals surface area (Å²) in [5.41, 5.74) is 0. The van der Waals surface area contributed by atoms with Gasteiger partial charge in [-0.25, -0.2) is 8.78 Å². The molecule has 2 atom stereocenters. The van der Waals surface area contributed by atoms with Gasteiger partial charge in [0.1, 0.15) is 0 Å². The first-order valence-corrected chi connectivity index (χ1v) is 4.98. The molecule has 0 aliphatic rings. The van der Waals surface area contributed by atoms with E-state index in [1.54, 1.807) is 0 Å². The molecule has 0 saturated heterocycles. The minimum absolute atomic E-state index is 0.360. The van der Waals surface area contributed by atoms with E-state index in [2.05, 4.69) is 9.05 Å². The molecule has 96 valence electrons. The summed E-state index contributed by atoms with van der Waals surface area (Å²) in [4.78, 5) is 0. The van der Waals surface area contributed by atoms with Crippen LogP contribution in [-0.4, -0.2) is 24.6 Å². The van der Waals surface area contributed by atoms with Crippen LogP contribution in [0.3, 0.4) is 0 Å². The smallest absolute Gasteiger partial charge is 0.238 e. The van der Waals surface area contributed by atoms with E-state index in [4.69, 9.17) is 0 Å². The lowest BCUT2D eigenvalue weighted by Gasteiger charge is -2.12. The Kier molecular flexibility index (Phi) is 5.15. The lowest BCUT2D eigenvalue weighted by atomic mass is 10.4. The molecule has 0 aromatic carbocycles. The fourth-order valence-electron chi connectivity index (χ4n) is 0.363. The zero-order valence-corrected chi connectivity index (χ0v) is 8.99. The van der Waals surface area contributed by atoms with Gasteiger partial charge in [-0.1, -0.05) is 0 Å². The molecule has 0 saturated carbocycles. The van der Waals surface area contributed by atoms with E-state index in [-0.39, 0.29) is 0 Å². The Morgan fingerprint density at radius 2 is 1.19 bits per heavy atom. The fraction of sp³-hybridized carbons (Fsp3) is 1.00. The minimum Gasteiger partial charge on any atom is -0.238 e. The second-order valence-corrected chi connectivity index (χ2v) is 3.57. The van der Waals surface area contributed by atoms with Crippen LogP contribution in [0.25, 0.3) is 0 Å². The second-order valence-electron chi connectivity index (χ2n) is 2.76. The highest BCUT2D eigenvalue weighted by molar-refractivity contribution is 7.33. The van der Waals surface area contributed by atoms with Crippen LogP contribution < -0.4 is 0 Å². The van der Waals surface area contributed by atoms with E-state index < -0.39 is 32.8 Å². The van der Waals surface area contributed by atoms with Crippen LogP contribution in [0.1, 0.15) is 13.8 Å². The molecule has 0 N–H and O–H groups in total. The van der Waals surface area contributed by atoms with Crippen LogP contribution in [0.15, 0.2) is 0 Å². The van der Waals surface area contributed by atoms with Crippen molar-refractivity contribution < 1.29 is 40.0 Å². The van der Waals surface area contributed by atoms with Crippen molar-refractivity contribution in [3.63, 3.8) is 0 Å². The molecule has 0 heterocycles. The van der Waals surface area contributed by atoms with Crippen molar-refractivity contribution in [1.82, 2.24) is 0 Å². The number of alkyl halides is 6. The molecule has 0 radical (unpaired) electrons. The molecule has 0 bridgehead atoms. The molecule has 0 aliphatic carbocycles. The Hall–Kier alpha value is -0.400. The van der Waals surface area contributed by atoms with Gasteiger partial charge < -0.3 is 0 Å². The van der Waals surface area contributed by atoms with Gasteiger partial charge in [0, 0.05) is 4.57 Å². The molecule has 0 spiro atoms. The van der Waals surface area contributed by atoms with Crippen molar-refractivity contribution in [2.45, 2.75) is 38.4 Å². The standard InChI is InChI=1S/C6H8F6O3P/c1-3(7)5(9,10)14-16(13)15-6(11,12)4(2)8/h3-4H,1-2H3/q+1. The van der Waals surface area contributed by atoms with Gasteiger partial charge in [-0.3, -0.25) is 0 Å². The zero-order valence-electron chi connectivity index (χ0n) is 8.09. The summed E-state index contributed by atoms with van der Waals surface area (Å²) in [6.07, 6.45) is -14.9. The number of halogens is 6. The summed E-state index contributed by atoms with van der Waals surface area (Å²) in [5, 5.41) is 0. The summed E-state index contributed by atoms with van der Waals surface area (Å²) >= 11 is 0. The molecular weight excluding hydrogens is 265 g/mol. The molecule has 2 unspecified atom stereocenters. The average molecular weight is 273 g/mol. The first-order valence-electron chi connectivity index (χ1n) is 3.88. The zero-order chi connectivity index (χ0) is 13.1. The molecular formula is C6H8F6O3P+. The van der Waals surface area contributed by atoms with Crippen LogP contribution >= 0.6 is 8.25 Å². The molecule has 16 heavy (non-hydrogen) atoms. The number of hydrogen-bond donors (Lipinski definition) is 0. The van der Waals surface area contributed by atoms with Gasteiger partial charge in [0.05, 0.1) is 0 Å². The monoisotopic (exact) mass is 273 g/mol. The maximum absolute atomic E-state index is 12.4. The molecule has 0 aliphatic heterocycles. The third-order valence-electron chi connectivity index (χ3n) is 1.32. The Morgan fingerprint density at radius 3 is 1.38 bits per heavy atom. The fourth-order valence-corrected chi connectivity index (χ4v) is 1.09. The molecule has 0 fully saturated rings. The maximum Gasteiger partial charge on any atom is 0.710 e. The first-order chi connectivity index (χ1) is 6.99.